The number of nitrogens with zero attached hydrogens (tertiary/aromatic N) is 2. The maximum absolute atomic E-state index is 12.2. The highest BCUT2D eigenvalue weighted by atomic mass is 35.5. The lowest BCUT2D eigenvalue weighted by Crippen LogP contribution is -2.52. The molecule has 2 unspecified atom stereocenters. The second kappa shape index (κ2) is 8.40. The van der Waals surface area contributed by atoms with Gasteiger partial charge in [-0.3, -0.25) is 9.89 Å². The minimum Gasteiger partial charge on any atom is -0.338 e. The van der Waals surface area contributed by atoms with Crippen molar-refractivity contribution in [3.05, 3.63) is 18.0 Å². The Morgan fingerprint density at radius 1 is 1.58 bits per heavy atom. The van der Waals surface area contributed by atoms with E-state index in [4.69, 9.17) is 5.73 Å². The number of carbonyl (C=O) groups excluding carboxylic acids is 1. The first-order chi connectivity index (χ1) is 8.18. The Bertz CT molecular complexity index is 370. The molecule has 0 aliphatic carbocycles. The molecule has 2 rings (SSSR count). The molecule has 3 N–H and O–H groups in total. The molecule has 0 saturated carbocycles. The number of halogens is 2. The van der Waals surface area contributed by atoms with Gasteiger partial charge in [0.25, 0.3) is 0 Å². The smallest absolute Gasteiger partial charge is 0.228 e. The predicted octanol–water partition coefficient (Wildman–Crippen LogP) is 1.52. The number of piperidine rings is 1. The van der Waals surface area contributed by atoms with Crippen LogP contribution in [0.3, 0.4) is 0 Å². The largest absolute Gasteiger partial charge is 0.338 e. The van der Waals surface area contributed by atoms with Crippen LogP contribution >= 0.6 is 24.8 Å². The van der Waals surface area contributed by atoms with Crippen LogP contribution in [0.2, 0.25) is 0 Å². The fourth-order valence-corrected chi connectivity index (χ4v) is 2.46. The van der Waals surface area contributed by atoms with Gasteiger partial charge in [-0.15, -0.1) is 24.8 Å². The van der Waals surface area contributed by atoms with Crippen molar-refractivity contribution in [2.24, 2.45) is 5.73 Å². The SMILES string of the molecule is CC(N)C1CCCCN1C(=O)Cc1ccn[nH]1.Cl.Cl. The number of likely N-dealkylation sites (tertiary alicyclic amines) is 1. The molecule has 0 aromatic carbocycles. The molecule has 2 heterocycles. The lowest BCUT2D eigenvalue weighted by Gasteiger charge is -2.38. The van der Waals surface area contributed by atoms with Crippen LogP contribution in [-0.4, -0.2) is 39.6 Å². The number of nitrogens with two attached hydrogens (primary N) is 1. The summed E-state index contributed by atoms with van der Waals surface area (Å²) in [5, 5.41) is 6.68. The third kappa shape index (κ3) is 4.67. The van der Waals surface area contributed by atoms with Crippen molar-refractivity contribution in [3.63, 3.8) is 0 Å². The van der Waals surface area contributed by atoms with E-state index in [1.165, 1.54) is 6.42 Å². The van der Waals surface area contributed by atoms with Crippen molar-refractivity contribution in [2.45, 2.75) is 44.7 Å². The van der Waals surface area contributed by atoms with Gasteiger partial charge in [0.15, 0.2) is 0 Å². The summed E-state index contributed by atoms with van der Waals surface area (Å²) in [6, 6.07) is 2.07. The van der Waals surface area contributed by atoms with Crippen molar-refractivity contribution in [1.29, 1.82) is 0 Å². The topological polar surface area (TPSA) is 75.0 Å². The summed E-state index contributed by atoms with van der Waals surface area (Å²) in [5.41, 5.74) is 6.82. The lowest BCUT2D eigenvalue weighted by molar-refractivity contribution is -0.134. The molecular weight excluding hydrogens is 287 g/mol. The molecule has 5 nitrogen and oxygen atoms in total. The maximum atomic E-state index is 12.2. The summed E-state index contributed by atoms with van der Waals surface area (Å²) in [7, 11) is 0. The Morgan fingerprint density at radius 2 is 2.32 bits per heavy atom. The van der Waals surface area contributed by atoms with E-state index in [0.29, 0.717) is 6.42 Å². The number of rotatable bonds is 3. The second-order valence-electron chi connectivity index (χ2n) is 4.77. The summed E-state index contributed by atoms with van der Waals surface area (Å²) in [6.07, 6.45) is 5.33. The first kappa shape index (κ1) is 18.2. The molecule has 110 valence electrons. The third-order valence-electron chi connectivity index (χ3n) is 3.38. The van der Waals surface area contributed by atoms with Crippen molar-refractivity contribution in [3.8, 4) is 0 Å². The number of nitrogens with one attached hydrogen (secondary N) is 1. The van der Waals surface area contributed by atoms with Crippen molar-refractivity contribution >= 4 is 30.7 Å². The molecular formula is C12H22Cl2N4O. The third-order valence-corrected chi connectivity index (χ3v) is 3.38. The van der Waals surface area contributed by atoms with Gasteiger partial charge in [-0.25, -0.2) is 0 Å². The van der Waals surface area contributed by atoms with E-state index in [9.17, 15) is 4.79 Å². The van der Waals surface area contributed by atoms with Gasteiger partial charge in [0, 0.05) is 30.5 Å². The minimum absolute atomic E-state index is 0. The van der Waals surface area contributed by atoms with Crippen LogP contribution in [0.4, 0.5) is 0 Å². The molecule has 1 aliphatic rings. The monoisotopic (exact) mass is 308 g/mol. The van der Waals surface area contributed by atoms with Gasteiger partial charge in [-0.2, -0.15) is 5.10 Å². The van der Waals surface area contributed by atoms with Gasteiger partial charge < -0.3 is 10.6 Å². The standard InChI is InChI=1S/C12H20N4O.2ClH/c1-9(13)11-4-2-3-7-16(11)12(17)8-10-5-6-14-15-10;;/h5-6,9,11H,2-4,7-8,13H2,1H3,(H,14,15);2*1H. The van der Waals surface area contributed by atoms with E-state index in [0.717, 1.165) is 25.1 Å². The first-order valence-electron chi connectivity index (χ1n) is 6.22. The van der Waals surface area contributed by atoms with Crippen LogP contribution in [0.5, 0.6) is 0 Å². The normalized spacial score (nSPS) is 20.1. The quantitative estimate of drug-likeness (QED) is 0.889. The van der Waals surface area contributed by atoms with Crippen LogP contribution in [0.1, 0.15) is 31.9 Å². The van der Waals surface area contributed by atoms with Crippen LogP contribution in [0.25, 0.3) is 0 Å². The lowest BCUT2D eigenvalue weighted by atomic mass is 9.96. The molecule has 7 heteroatoms. The van der Waals surface area contributed by atoms with Crippen LogP contribution in [0, 0.1) is 0 Å². The molecule has 1 saturated heterocycles. The van der Waals surface area contributed by atoms with Crippen LogP contribution in [0.15, 0.2) is 12.3 Å². The molecule has 0 bridgehead atoms. The molecule has 1 aromatic heterocycles. The van der Waals surface area contributed by atoms with Crippen LogP contribution in [-0.2, 0) is 11.2 Å². The Morgan fingerprint density at radius 3 is 2.89 bits per heavy atom. The fourth-order valence-electron chi connectivity index (χ4n) is 2.46. The maximum Gasteiger partial charge on any atom is 0.228 e. The molecule has 1 fully saturated rings. The highest BCUT2D eigenvalue weighted by Crippen LogP contribution is 2.19. The zero-order valence-corrected chi connectivity index (χ0v) is 12.7. The summed E-state index contributed by atoms with van der Waals surface area (Å²) in [4.78, 5) is 14.1. The second-order valence-corrected chi connectivity index (χ2v) is 4.77. The number of hydrogen-bond donors (Lipinski definition) is 2. The summed E-state index contributed by atoms with van der Waals surface area (Å²) >= 11 is 0. The van der Waals surface area contributed by atoms with Gasteiger partial charge in [-0.1, -0.05) is 0 Å². The Hall–Kier alpha value is -0.780. The average Bonchev–Trinajstić information content (AvgIpc) is 2.81. The average molecular weight is 309 g/mol. The molecule has 1 aliphatic heterocycles. The van der Waals surface area contributed by atoms with E-state index in [1.54, 1.807) is 6.20 Å². The molecule has 0 spiro atoms. The highest BCUT2D eigenvalue weighted by Gasteiger charge is 2.29. The first-order valence-corrected chi connectivity index (χ1v) is 6.22. The van der Waals surface area contributed by atoms with Crippen molar-refractivity contribution < 1.29 is 4.79 Å². The summed E-state index contributed by atoms with van der Waals surface area (Å²) in [6.45, 7) is 2.81. The van der Waals surface area contributed by atoms with Gasteiger partial charge in [-0.05, 0) is 32.3 Å². The minimum atomic E-state index is 0. The van der Waals surface area contributed by atoms with Crippen molar-refractivity contribution in [1.82, 2.24) is 15.1 Å². The molecule has 19 heavy (non-hydrogen) atoms. The van der Waals surface area contributed by atoms with Gasteiger partial charge in [0.1, 0.15) is 0 Å². The number of amides is 1. The predicted molar refractivity (Wildman–Crippen MR) is 79.8 cm³/mol. The van der Waals surface area contributed by atoms with E-state index < -0.39 is 0 Å². The Balaban J connectivity index is 0.00000162. The number of aromatic amines is 1. The highest BCUT2D eigenvalue weighted by molar-refractivity contribution is 5.85. The summed E-state index contributed by atoms with van der Waals surface area (Å²) < 4.78 is 0. The van der Waals surface area contributed by atoms with E-state index >= 15 is 0 Å². The number of aromatic nitrogens is 2. The molecule has 1 aromatic rings. The summed E-state index contributed by atoms with van der Waals surface area (Å²) in [5.74, 6) is 0.149. The zero-order chi connectivity index (χ0) is 12.3. The Kier molecular flexibility index (Phi) is 8.06. The molecule has 1 amide bonds. The van der Waals surface area contributed by atoms with E-state index in [-0.39, 0.29) is 42.8 Å². The number of carbonyl (C=O) groups is 1. The van der Waals surface area contributed by atoms with Gasteiger partial charge >= 0.3 is 0 Å². The zero-order valence-electron chi connectivity index (χ0n) is 11.0. The van der Waals surface area contributed by atoms with Gasteiger partial charge in [0.2, 0.25) is 5.91 Å². The van der Waals surface area contributed by atoms with E-state index in [2.05, 4.69) is 10.2 Å². The van der Waals surface area contributed by atoms with Gasteiger partial charge in [0.05, 0.1) is 6.42 Å². The number of hydrogen-bond acceptors (Lipinski definition) is 3. The van der Waals surface area contributed by atoms with Crippen LogP contribution < -0.4 is 5.73 Å². The van der Waals surface area contributed by atoms with Crippen molar-refractivity contribution in [2.75, 3.05) is 6.54 Å². The fraction of sp³-hybridized carbons (Fsp3) is 0.667. The molecule has 2 atom stereocenters. The number of H-pyrrole nitrogens is 1. The van der Waals surface area contributed by atoms with E-state index in [1.807, 2.05) is 17.9 Å². The Labute approximate surface area is 126 Å². The molecule has 0 radical (unpaired) electrons.